The number of aromatic carboxylic acids is 1. The normalized spacial score (nSPS) is 22.1. The number of carbonyl (C=O) groups is 1. The first-order valence-corrected chi connectivity index (χ1v) is 8.17. The van der Waals surface area contributed by atoms with Gasteiger partial charge in [-0.25, -0.2) is 4.79 Å². The van der Waals surface area contributed by atoms with Crippen molar-refractivity contribution in [2.24, 2.45) is 5.41 Å². The molecule has 4 nitrogen and oxygen atoms in total. The average molecular weight is 376 g/mol. The smallest absolute Gasteiger partial charge is 0.335 e. The molecular formula is C18H18BrNO3. The van der Waals surface area contributed by atoms with Crippen molar-refractivity contribution >= 4 is 27.6 Å². The Balaban J connectivity index is 2.08. The highest BCUT2D eigenvalue weighted by molar-refractivity contribution is 9.10. The highest BCUT2D eigenvalue weighted by Gasteiger charge is 2.43. The molecule has 1 aliphatic heterocycles. The maximum absolute atomic E-state index is 11.2. The van der Waals surface area contributed by atoms with Crippen LogP contribution < -0.4 is 5.32 Å². The van der Waals surface area contributed by atoms with Gasteiger partial charge in [-0.1, -0.05) is 41.9 Å². The number of rotatable bonds is 2. The summed E-state index contributed by atoms with van der Waals surface area (Å²) in [6.07, 6.45) is -0.762. The molecule has 2 atom stereocenters. The van der Waals surface area contributed by atoms with Gasteiger partial charge in [-0.2, -0.15) is 0 Å². The number of carboxylic acids is 1. The second-order valence-corrected chi connectivity index (χ2v) is 7.38. The van der Waals surface area contributed by atoms with Gasteiger partial charge in [-0.3, -0.25) is 0 Å². The lowest BCUT2D eigenvalue weighted by molar-refractivity contribution is 0.0288. The van der Waals surface area contributed by atoms with Crippen LogP contribution in [-0.2, 0) is 0 Å². The van der Waals surface area contributed by atoms with Gasteiger partial charge >= 0.3 is 5.97 Å². The van der Waals surface area contributed by atoms with Crippen LogP contribution in [0, 0.1) is 5.41 Å². The van der Waals surface area contributed by atoms with E-state index >= 15 is 0 Å². The van der Waals surface area contributed by atoms with E-state index in [1.54, 1.807) is 18.2 Å². The summed E-state index contributed by atoms with van der Waals surface area (Å²) < 4.78 is 0.981. The predicted molar refractivity (Wildman–Crippen MR) is 92.6 cm³/mol. The summed E-state index contributed by atoms with van der Waals surface area (Å²) in [7, 11) is 0. The van der Waals surface area contributed by atoms with Gasteiger partial charge in [0.25, 0.3) is 0 Å². The van der Waals surface area contributed by atoms with E-state index < -0.39 is 17.5 Å². The Morgan fingerprint density at radius 2 is 1.96 bits per heavy atom. The fourth-order valence-electron chi connectivity index (χ4n) is 3.15. The molecule has 0 fully saturated rings. The standard InChI is InChI=1S/C18H18BrNO3/c1-18(2)15(10-4-3-5-12(19)8-10)20-14-7-6-11(17(22)23)9-13(14)16(18)21/h3-9,15-16,20-21H,1-2H3,(H,22,23). The number of nitrogens with one attached hydrogen (secondary N) is 1. The third-order valence-electron chi connectivity index (χ3n) is 4.52. The van der Waals surface area contributed by atoms with Crippen LogP contribution in [0.2, 0.25) is 0 Å². The molecule has 0 amide bonds. The van der Waals surface area contributed by atoms with E-state index in [0.717, 1.165) is 15.7 Å². The fraction of sp³-hybridized carbons (Fsp3) is 0.278. The number of aliphatic hydroxyl groups is 1. The maximum Gasteiger partial charge on any atom is 0.335 e. The Morgan fingerprint density at radius 1 is 1.22 bits per heavy atom. The number of anilines is 1. The van der Waals surface area contributed by atoms with E-state index in [1.807, 2.05) is 38.1 Å². The molecule has 23 heavy (non-hydrogen) atoms. The largest absolute Gasteiger partial charge is 0.478 e. The van der Waals surface area contributed by atoms with Crippen molar-refractivity contribution in [2.75, 3.05) is 5.32 Å². The van der Waals surface area contributed by atoms with Crippen molar-refractivity contribution < 1.29 is 15.0 Å². The summed E-state index contributed by atoms with van der Waals surface area (Å²) in [5, 5.41) is 23.5. The molecule has 0 saturated carbocycles. The van der Waals surface area contributed by atoms with Crippen LogP contribution in [0.1, 0.15) is 47.5 Å². The van der Waals surface area contributed by atoms with Crippen LogP contribution in [0.5, 0.6) is 0 Å². The van der Waals surface area contributed by atoms with E-state index in [1.165, 1.54) is 0 Å². The van der Waals surface area contributed by atoms with Gasteiger partial charge in [-0.05, 0) is 35.9 Å². The number of carboxylic acid groups (broad SMARTS) is 1. The van der Waals surface area contributed by atoms with Crippen LogP contribution >= 0.6 is 15.9 Å². The van der Waals surface area contributed by atoms with Gasteiger partial charge in [0, 0.05) is 21.1 Å². The third kappa shape index (κ3) is 2.75. The van der Waals surface area contributed by atoms with E-state index in [2.05, 4.69) is 21.2 Å². The van der Waals surface area contributed by atoms with E-state index in [9.17, 15) is 9.90 Å². The van der Waals surface area contributed by atoms with Crippen molar-refractivity contribution in [3.8, 4) is 0 Å². The second-order valence-electron chi connectivity index (χ2n) is 6.46. The van der Waals surface area contributed by atoms with Crippen molar-refractivity contribution in [3.05, 3.63) is 63.6 Å². The summed E-state index contributed by atoms with van der Waals surface area (Å²) in [5.41, 5.74) is 2.15. The lowest BCUT2D eigenvalue weighted by Crippen LogP contribution is -2.38. The molecule has 3 N–H and O–H groups in total. The van der Waals surface area contributed by atoms with E-state index in [4.69, 9.17) is 5.11 Å². The molecular weight excluding hydrogens is 358 g/mol. The van der Waals surface area contributed by atoms with Crippen molar-refractivity contribution in [2.45, 2.75) is 26.0 Å². The molecule has 0 spiro atoms. The summed E-state index contributed by atoms with van der Waals surface area (Å²) in [4.78, 5) is 11.2. The molecule has 1 heterocycles. The number of hydrogen-bond acceptors (Lipinski definition) is 3. The highest BCUT2D eigenvalue weighted by Crippen LogP contribution is 2.51. The molecule has 2 aromatic rings. The fourth-order valence-corrected chi connectivity index (χ4v) is 3.57. The number of aliphatic hydroxyl groups excluding tert-OH is 1. The molecule has 0 bridgehead atoms. The molecule has 1 aliphatic rings. The molecule has 5 heteroatoms. The summed E-state index contributed by atoms with van der Waals surface area (Å²) in [6, 6.07) is 12.7. The average Bonchev–Trinajstić information content (AvgIpc) is 2.50. The minimum Gasteiger partial charge on any atom is -0.478 e. The second kappa shape index (κ2) is 5.65. The lowest BCUT2D eigenvalue weighted by atomic mass is 9.70. The molecule has 0 aromatic heterocycles. The van der Waals surface area contributed by atoms with E-state index in [0.29, 0.717) is 5.56 Å². The Bertz CT molecular complexity index is 773. The van der Waals surface area contributed by atoms with Gasteiger partial charge in [0.2, 0.25) is 0 Å². The Hall–Kier alpha value is -1.85. The minimum absolute atomic E-state index is 0.0850. The minimum atomic E-state index is -0.994. The zero-order valence-corrected chi connectivity index (χ0v) is 14.5. The summed E-state index contributed by atoms with van der Waals surface area (Å²) in [6.45, 7) is 3.96. The number of fused-ring (bicyclic) bond motifs is 1. The van der Waals surface area contributed by atoms with Gasteiger partial charge in [0.05, 0.1) is 17.7 Å². The molecule has 0 saturated heterocycles. The summed E-state index contributed by atoms with van der Waals surface area (Å²) in [5.74, 6) is -0.994. The molecule has 3 rings (SSSR count). The third-order valence-corrected chi connectivity index (χ3v) is 5.02. The first kappa shape index (κ1) is 16.0. The van der Waals surface area contributed by atoms with Crippen LogP contribution in [0.4, 0.5) is 5.69 Å². The summed E-state index contributed by atoms with van der Waals surface area (Å²) >= 11 is 3.48. The van der Waals surface area contributed by atoms with Crippen LogP contribution in [0.3, 0.4) is 0 Å². The Morgan fingerprint density at radius 3 is 2.61 bits per heavy atom. The van der Waals surface area contributed by atoms with Crippen molar-refractivity contribution in [3.63, 3.8) is 0 Å². The molecule has 2 aromatic carbocycles. The zero-order valence-electron chi connectivity index (χ0n) is 12.9. The Labute approximate surface area is 143 Å². The molecule has 120 valence electrons. The molecule has 0 aliphatic carbocycles. The zero-order chi connectivity index (χ0) is 16.8. The van der Waals surface area contributed by atoms with Gasteiger partial charge < -0.3 is 15.5 Å². The topological polar surface area (TPSA) is 69.6 Å². The van der Waals surface area contributed by atoms with Gasteiger partial charge in [0.15, 0.2) is 0 Å². The maximum atomic E-state index is 11.2. The van der Waals surface area contributed by atoms with E-state index in [-0.39, 0.29) is 11.6 Å². The number of hydrogen-bond donors (Lipinski definition) is 3. The SMILES string of the molecule is CC1(C)C(O)c2cc(C(=O)O)ccc2NC1c1cccc(Br)c1. The predicted octanol–water partition coefficient (Wildman–Crippen LogP) is 4.37. The lowest BCUT2D eigenvalue weighted by Gasteiger charge is -2.45. The first-order chi connectivity index (χ1) is 10.8. The highest BCUT2D eigenvalue weighted by atomic mass is 79.9. The first-order valence-electron chi connectivity index (χ1n) is 7.38. The molecule has 2 unspecified atom stereocenters. The van der Waals surface area contributed by atoms with Crippen molar-refractivity contribution in [1.29, 1.82) is 0 Å². The number of benzene rings is 2. The van der Waals surface area contributed by atoms with Gasteiger partial charge in [0.1, 0.15) is 0 Å². The molecule has 0 radical (unpaired) electrons. The monoisotopic (exact) mass is 375 g/mol. The van der Waals surface area contributed by atoms with Crippen LogP contribution in [-0.4, -0.2) is 16.2 Å². The van der Waals surface area contributed by atoms with Gasteiger partial charge in [-0.15, -0.1) is 0 Å². The quantitative estimate of drug-likeness (QED) is 0.728. The van der Waals surface area contributed by atoms with Crippen LogP contribution in [0.15, 0.2) is 46.9 Å². The Kier molecular flexibility index (Phi) is 3.94. The van der Waals surface area contributed by atoms with Crippen molar-refractivity contribution in [1.82, 2.24) is 0 Å². The number of halogens is 1. The van der Waals surface area contributed by atoms with Crippen LogP contribution in [0.25, 0.3) is 0 Å².